The van der Waals surface area contributed by atoms with Gasteiger partial charge in [-0.2, -0.15) is 0 Å². The molecule has 4 nitrogen and oxygen atoms in total. The second-order valence-electron chi connectivity index (χ2n) is 3.18. The van der Waals surface area contributed by atoms with Crippen molar-refractivity contribution < 1.29 is 13.9 Å². The van der Waals surface area contributed by atoms with Crippen LogP contribution >= 0.6 is 15.9 Å². The highest BCUT2D eigenvalue weighted by atomic mass is 79.9. The molecule has 1 unspecified atom stereocenters. The number of nitrogens with two attached hydrogens (primary N) is 1. The second kappa shape index (κ2) is 5.93. The highest BCUT2D eigenvalue weighted by Crippen LogP contribution is 2.19. The van der Waals surface area contributed by atoms with Crippen molar-refractivity contribution in [2.45, 2.75) is 6.04 Å². The fraction of sp³-hybridized carbons (Fsp3) is 0.300. The normalized spacial score (nSPS) is 12.2. The second-order valence-corrected chi connectivity index (χ2v) is 4.09. The number of carbonyl (C=O) groups is 1. The predicted molar refractivity (Wildman–Crippen MR) is 62.6 cm³/mol. The molecule has 0 aliphatic rings. The van der Waals surface area contributed by atoms with E-state index in [2.05, 4.69) is 21.2 Å². The zero-order chi connectivity index (χ0) is 12.1. The van der Waals surface area contributed by atoms with Gasteiger partial charge in [-0.1, -0.05) is 15.9 Å². The van der Waals surface area contributed by atoms with Gasteiger partial charge in [-0.05, 0) is 18.2 Å². The van der Waals surface area contributed by atoms with Crippen molar-refractivity contribution >= 4 is 27.5 Å². The Morgan fingerprint density at radius 1 is 1.69 bits per heavy atom. The molecule has 0 spiro atoms. The van der Waals surface area contributed by atoms with E-state index in [-0.39, 0.29) is 12.3 Å². The van der Waals surface area contributed by atoms with Crippen molar-refractivity contribution in [3.63, 3.8) is 0 Å². The van der Waals surface area contributed by atoms with Crippen molar-refractivity contribution in [1.82, 2.24) is 0 Å². The first-order chi connectivity index (χ1) is 7.54. The molecule has 0 aromatic heterocycles. The highest BCUT2D eigenvalue weighted by molar-refractivity contribution is 9.10. The minimum Gasteiger partial charge on any atom is -0.383 e. The summed E-state index contributed by atoms with van der Waals surface area (Å²) in [5, 5.41) is 2.39. The number of halogens is 2. The van der Waals surface area contributed by atoms with Gasteiger partial charge in [0.1, 0.15) is 11.9 Å². The topological polar surface area (TPSA) is 64.3 Å². The van der Waals surface area contributed by atoms with Gasteiger partial charge in [0.2, 0.25) is 5.91 Å². The molecule has 0 bridgehead atoms. The van der Waals surface area contributed by atoms with Crippen LogP contribution in [0.4, 0.5) is 10.1 Å². The summed E-state index contributed by atoms with van der Waals surface area (Å²) >= 11 is 3.18. The first-order valence-corrected chi connectivity index (χ1v) is 5.34. The lowest BCUT2D eigenvalue weighted by Crippen LogP contribution is -2.39. The monoisotopic (exact) mass is 290 g/mol. The van der Waals surface area contributed by atoms with Gasteiger partial charge in [0.25, 0.3) is 0 Å². The quantitative estimate of drug-likeness (QED) is 0.883. The average Bonchev–Trinajstić information content (AvgIpc) is 2.23. The first-order valence-electron chi connectivity index (χ1n) is 4.55. The number of nitrogens with one attached hydrogen (secondary N) is 1. The molecule has 88 valence electrons. The van der Waals surface area contributed by atoms with E-state index >= 15 is 0 Å². The number of hydrogen-bond acceptors (Lipinski definition) is 3. The molecule has 1 amide bonds. The molecule has 3 N–H and O–H groups in total. The summed E-state index contributed by atoms with van der Waals surface area (Å²) in [6.07, 6.45) is 0. The highest BCUT2D eigenvalue weighted by Gasteiger charge is 2.14. The van der Waals surface area contributed by atoms with Gasteiger partial charge < -0.3 is 15.8 Å². The third-order valence-corrected chi connectivity index (χ3v) is 2.36. The van der Waals surface area contributed by atoms with E-state index in [9.17, 15) is 9.18 Å². The Morgan fingerprint density at radius 2 is 2.38 bits per heavy atom. The summed E-state index contributed by atoms with van der Waals surface area (Å²) in [5.74, 6) is -1.000. The Morgan fingerprint density at radius 3 is 3.00 bits per heavy atom. The van der Waals surface area contributed by atoms with Crippen LogP contribution in [-0.4, -0.2) is 25.7 Å². The van der Waals surface area contributed by atoms with Crippen LogP contribution in [0.15, 0.2) is 22.7 Å². The van der Waals surface area contributed by atoms with Crippen molar-refractivity contribution in [1.29, 1.82) is 0 Å². The molecule has 0 saturated heterocycles. The molecular formula is C10H12BrFN2O2. The maximum absolute atomic E-state index is 13.3. The van der Waals surface area contributed by atoms with Crippen molar-refractivity contribution in [3.8, 4) is 0 Å². The summed E-state index contributed by atoms with van der Waals surface area (Å²) in [7, 11) is 1.44. The summed E-state index contributed by atoms with van der Waals surface area (Å²) in [6.45, 7) is 0.0848. The Hall–Kier alpha value is -0.980. The van der Waals surface area contributed by atoms with Crippen LogP contribution < -0.4 is 11.1 Å². The number of ether oxygens (including phenoxy) is 1. The summed E-state index contributed by atoms with van der Waals surface area (Å²) < 4.78 is 18.7. The Bertz CT molecular complexity index is 387. The Labute approximate surface area is 101 Å². The van der Waals surface area contributed by atoms with E-state index in [1.165, 1.54) is 19.2 Å². The van der Waals surface area contributed by atoms with E-state index in [1.54, 1.807) is 6.07 Å². The van der Waals surface area contributed by atoms with Gasteiger partial charge in [-0.3, -0.25) is 4.79 Å². The standard InChI is InChI=1S/C10H12BrFN2O2/c1-16-5-8(13)10(15)14-9-4-6(11)2-3-7(9)12/h2-4,8H,5,13H2,1H3,(H,14,15). The number of methoxy groups -OCH3 is 1. The number of amides is 1. The van der Waals surface area contributed by atoms with Gasteiger partial charge >= 0.3 is 0 Å². The van der Waals surface area contributed by atoms with Crippen LogP contribution in [0.25, 0.3) is 0 Å². The fourth-order valence-corrected chi connectivity index (χ4v) is 1.44. The fourth-order valence-electron chi connectivity index (χ4n) is 1.07. The maximum Gasteiger partial charge on any atom is 0.243 e. The average molecular weight is 291 g/mol. The summed E-state index contributed by atoms with van der Waals surface area (Å²) in [5.41, 5.74) is 5.58. The number of hydrogen-bond donors (Lipinski definition) is 2. The molecule has 0 aliphatic carbocycles. The number of anilines is 1. The van der Waals surface area contributed by atoms with Crippen LogP contribution in [0, 0.1) is 5.82 Å². The van der Waals surface area contributed by atoms with Gasteiger partial charge in [0, 0.05) is 11.6 Å². The van der Waals surface area contributed by atoms with E-state index in [0.29, 0.717) is 4.47 Å². The van der Waals surface area contributed by atoms with E-state index in [1.807, 2.05) is 0 Å². The lowest BCUT2D eigenvalue weighted by atomic mass is 10.2. The molecule has 0 saturated carbocycles. The van der Waals surface area contributed by atoms with Crippen LogP contribution in [0.1, 0.15) is 0 Å². The molecule has 1 aromatic carbocycles. The molecule has 6 heteroatoms. The maximum atomic E-state index is 13.3. The van der Waals surface area contributed by atoms with Crippen LogP contribution in [0.3, 0.4) is 0 Å². The van der Waals surface area contributed by atoms with Crippen molar-refractivity contribution in [3.05, 3.63) is 28.5 Å². The molecule has 1 aromatic rings. The largest absolute Gasteiger partial charge is 0.383 e. The third kappa shape index (κ3) is 3.55. The van der Waals surface area contributed by atoms with E-state index in [4.69, 9.17) is 10.5 Å². The first kappa shape index (κ1) is 13.1. The molecule has 0 fully saturated rings. The molecule has 0 heterocycles. The van der Waals surface area contributed by atoms with E-state index in [0.717, 1.165) is 0 Å². The van der Waals surface area contributed by atoms with Gasteiger partial charge in [-0.15, -0.1) is 0 Å². The van der Waals surface area contributed by atoms with E-state index < -0.39 is 17.8 Å². The Balaban J connectivity index is 2.72. The van der Waals surface area contributed by atoms with Crippen molar-refractivity contribution in [2.24, 2.45) is 5.73 Å². The number of benzene rings is 1. The minimum absolute atomic E-state index is 0.0848. The van der Waals surface area contributed by atoms with Gasteiger partial charge in [0.05, 0.1) is 12.3 Å². The molecule has 16 heavy (non-hydrogen) atoms. The SMILES string of the molecule is COCC(N)C(=O)Nc1cc(Br)ccc1F. The third-order valence-electron chi connectivity index (χ3n) is 1.87. The summed E-state index contributed by atoms with van der Waals surface area (Å²) in [6, 6.07) is 3.44. The predicted octanol–water partition coefficient (Wildman–Crippen LogP) is 1.50. The smallest absolute Gasteiger partial charge is 0.243 e. The minimum atomic E-state index is -0.816. The van der Waals surface area contributed by atoms with Crippen LogP contribution in [-0.2, 0) is 9.53 Å². The zero-order valence-corrected chi connectivity index (χ0v) is 10.3. The molecular weight excluding hydrogens is 279 g/mol. The molecule has 1 rings (SSSR count). The number of rotatable bonds is 4. The van der Waals surface area contributed by atoms with Crippen molar-refractivity contribution in [2.75, 3.05) is 19.0 Å². The number of carbonyl (C=O) groups excluding carboxylic acids is 1. The molecule has 1 atom stereocenters. The van der Waals surface area contributed by atoms with Crippen LogP contribution in [0.5, 0.6) is 0 Å². The van der Waals surface area contributed by atoms with Gasteiger partial charge in [-0.25, -0.2) is 4.39 Å². The molecule has 0 radical (unpaired) electrons. The Kier molecular flexibility index (Phi) is 4.85. The lowest BCUT2D eigenvalue weighted by molar-refractivity contribution is -0.118. The molecule has 0 aliphatic heterocycles. The van der Waals surface area contributed by atoms with Gasteiger partial charge in [0.15, 0.2) is 0 Å². The summed E-state index contributed by atoms with van der Waals surface area (Å²) in [4.78, 5) is 11.5. The van der Waals surface area contributed by atoms with Crippen LogP contribution in [0.2, 0.25) is 0 Å². The zero-order valence-electron chi connectivity index (χ0n) is 8.67. The lowest BCUT2D eigenvalue weighted by Gasteiger charge is -2.11.